The minimum atomic E-state index is -3.69. The Hall–Kier alpha value is -2.72. The molecular formula is C18H24N4O5S. The number of aromatic nitrogens is 2. The van der Waals surface area contributed by atoms with Crippen LogP contribution in [-0.4, -0.2) is 54.6 Å². The van der Waals surface area contributed by atoms with Gasteiger partial charge in [0.1, 0.15) is 0 Å². The van der Waals surface area contributed by atoms with Gasteiger partial charge in [0.25, 0.3) is 5.91 Å². The van der Waals surface area contributed by atoms with Gasteiger partial charge in [0, 0.05) is 21.1 Å². The van der Waals surface area contributed by atoms with Gasteiger partial charge < -0.3 is 10.1 Å². The van der Waals surface area contributed by atoms with E-state index in [1.54, 1.807) is 18.7 Å². The fourth-order valence-electron chi connectivity index (χ4n) is 2.46. The Kier molecular flexibility index (Phi) is 6.25. The lowest BCUT2D eigenvalue weighted by Crippen LogP contribution is -2.30. The lowest BCUT2D eigenvalue weighted by molar-refractivity contribution is -0.123. The van der Waals surface area contributed by atoms with E-state index in [1.165, 1.54) is 45.3 Å². The van der Waals surface area contributed by atoms with Crippen molar-refractivity contribution in [2.75, 3.05) is 19.4 Å². The molecule has 1 aromatic carbocycles. The molecule has 0 aliphatic rings. The zero-order valence-electron chi connectivity index (χ0n) is 16.7. The molecule has 10 heteroatoms. The van der Waals surface area contributed by atoms with Gasteiger partial charge in [-0.1, -0.05) is 6.07 Å². The van der Waals surface area contributed by atoms with Crippen molar-refractivity contribution in [3.8, 4) is 0 Å². The van der Waals surface area contributed by atoms with Crippen LogP contribution < -0.4 is 5.32 Å². The zero-order valence-corrected chi connectivity index (χ0v) is 17.5. The molecule has 1 N–H and O–H groups in total. The van der Waals surface area contributed by atoms with Gasteiger partial charge in [0.05, 0.1) is 27.5 Å². The molecule has 0 fully saturated rings. The number of hydrogen-bond donors (Lipinski definition) is 1. The SMILES string of the molecule is Cc1nn(C)c(C)c1NC(=O)[C@@H](C)OC(=O)c1cccc(S(=O)(=O)N(C)C)c1. The van der Waals surface area contributed by atoms with Crippen molar-refractivity contribution in [1.82, 2.24) is 14.1 Å². The van der Waals surface area contributed by atoms with E-state index in [1.807, 2.05) is 6.92 Å². The van der Waals surface area contributed by atoms with Gasteiger partial charge in [-0.15, -0.1) is 0 Å². The van der Waals surface area contributed by atoms with Crippen LogP contribution in [0.5, 0.6) is 0 Å². The standard InChI is InChI=1S/C18H24N4O5S/c1-11-16(12(2)22(6)20-11)19-17(23)13(3)27-18(24)14-8-7-9-15(10-14)28(25,26)21(4)5/h7-10,13H,1-6H3,(H,19,23)/t13-/m1/s1. The minimum absolute atomic E-state index is 0.0364. The summed E-state index contributed by atoms with van der Waals surface area (Å²) in [5.74, 6) is -1.30. The van der Waals surface area contributed by atoms with Crippen molar-refractivity contribution in [2.24, 2.45) is 7.05 Å². The Bertz CT molecular complexity index is 1010. The van der Waals surface area contributed by atoms with E-state index in [2.05, 4.69) is 10.4 Å². The van der Waals surface area contributed by atoms with Crippen LogP contribution in [0.3, 0.4) is 0 Å². The molecule has 0 radical (unpaired) electrons. The first-order valence-corrected chi connectivity index (χ1v) is 9.93. The molecule has 9 nitrogen and oxygen atoms in total. The van der Waals surface area contributed by atoms with Gasteiger partial charge in [-0.3, -0.25) is 9.48 Å². The number of ether oxygens (including phenoxy) is 1. The summed E-state index contributed by atoms with van der Waals surface area (Å²) in [5.41, 5.74) is 2.02. The highest BCUT2D eigenvalue weighted by atomic mass is 32.2. The molecule has 0 aliphatic heterocycles. The molecule has 1 aromatic heterocycles. The lowest BCUT2D eigenvalue weighted by atomic mass is 10.2. The Morgan fingerprint density at radius 2 is 1.89 bits per heavy atom. The first-order chi connectivity index (χ1) is 12.9. The number of benzene rings is 1. The summed E-state index contributed by atoms with van der Waals surface area (Å²) in [7, 11) is 0.867. The molecule has 2 rings (SSSR count). The van der Waals surface area contributed by atoms with E-state index in [0.29, 0.717) is 11.4 Å². The predicted octanol–water partition coefficient (Wildman–Crippen LogP) is 1.47. The topological polar surface area (TPSA) is 111 Å². The van der Waals surface area contributed by atoms with E-state index < -0.39 is 28.0 Å². The molecular weight excluding hydrogens is 384 g/mol. The molecule has 0 aliphatic carbocycles. The minimum Gasteiger partial charge on any atom is -0.449 e. The fraction of sp³-hybridized carbons (Fsp3) is 0.389. The molecule has 0 unspecified atom stereocenters. The number of hydrogen-bond acceptors (Lipinski definition) is 6. The summed E-state index contributed by atoms with van der Waals surface area (Å²) >= 11 is 0. The van der Waals surface area contributed by atoms with Crippen LogP contribution in [0.2, 0.25) is 0 Å². The molecule has 0 bridgehead atoms. The maximum absolute atomic E-state index is 12.4. The van der Waals surface area contributed by atoms with Crippen LogP contribution in [0.25, 0.3) is 0 Å². The molecule has 152 valence electrons. The number of anilines is 1. The Balaban J connectivity index is 2.13. The first-order valence-electron chi connectivity index (χ1n) is 8.49. The summed E-state index contributed by atoms with van der Waals surface area (Å²) < 4.78 is 32.3. The van der Waals surface area contributed by atoms with Gasteiger partial charge in [-0.25, -0.2) is 17.5 Å². The Labute approximate surface area is 164 Å². The van der Waals surface area contributed by atoms with Crippen LogP contribution in [0.1, 0.15) is 28.7 Å². The summed E-state index contributed by atoms with van der Waals surface area (Å²) in [6.07, 6.45) is -1.08. The van der Waals surface area contributed by atoms with Crippen LogP contribution in [0, 0.1) is 13.8 Å². The molecule has 0 saturated heterocycles. The van der Waals surface area contributed by atoms with Crippen molar-refractivity contribution in [3.05, 3.63) is 41.2 Å². The molecule has 0 saturated carbocycles. The number of aryl methyl sites for hydroxylation is 2. The second-order valence-electron chi connectivity index (χ2n) is 6.52. The number of rotatable bonds is 6. The number of esters is 1. The smallest absolute Gasteiger partial charge is 0.338 e. The zero-order chi connectivity index (χ0) is 21.2. The summed E-state index contributed by atoms with van der Waals surface area (Å²) in [6, 6.07) is 5.48. The van der Waals surface area contributed by atoms with Gasteiger partial charge in [-0.05, 0) is 39.0 Å². The second-order valence-corrected chi connectivity index (χ2v) is 8.67. The highest BCUT2D eigenvalue weighted by Gasteiger charge is 2.23. The maximum Gasteiger partial charge on any atom is 0.338 e. The molecule has 0 spiro atoms. The Morgan fingerprint density at radius 1 is 1.25 bits per heavy atom. The van der Waals surface area contributed by atoms with E-state index in [-0.39, 0.29) is 10.5 Å². The average molecular weight is 408 g/mol. The lowest BCUT2D eigenvalue weighted by Gasteiger charge is -2.15. The average Bonchev–Trinajstić information content (AvgIpc) is 2.87. The van der Waals surface area contributed by atoms with Crippen LogP contribution in [0.15, 0.2) is 29.2 Å². The number of carbonyl (C=O) groups excluding carboxylic acids is 2. The summed E-state index contributed by atoms with van der Waals surface area (Å²) in [6.45, 7) is 5.01. The van der Waals surface area contributed by atoms with Crippen molar-refractivity contribution in [2.45, 2.75) is 31.8 Å². The van der Waals surface area contributed by atoms with E-state index in [4.69, 9.17) is 4.74 Å². The summed E-state index contributed by atoms with van der Waals surface area (Å²) in [5, 5.41) is 6.92. The molecule has 1 heterocycles. The van der Waals surface area contributed by atoms with Crippen molar-refractivity contribution in [3.63, 3.8) is 0 Å². The quantitative estimate of drug-likeness (QED) is 0.725. The maximum atomic E-state index is 12.4. The normalized spacial score (nSPS) is 12.7. The second kappa shape index (κ2) is 8.11. The van der Waals surface area contributed by atoms with Crippen LogP contribution in [0.4, 0.5) is 5.69 Å². The van der Waals surface area contributed by atoms with E-state index in [9.17, 15) is 18.0 Å². The van der Waals surface area contributed by atoms with Gasteiger partial charge in [0.2, 0.25) is 10.0 Å². The van der Waals surface area contributed by atoms with E-state index >= 15 is 0 Å². The third-order valence-corrected chi connectivity index (χ3v) is 6.07. The summed E-state index contributed by atoms with van der Waals surface area (Å²) in [4.78, 5) is 24.7. The van der Waals surface area contributed by atoms with Crippen molar-refractivity contribution < 1.29 is 22.7 Å². The molecule has 1 atom stereocenters. The van der Waals surface area contributed by atoms with Gasteiger partial charge >= 0.3 is 5.97 Å². The predicted molar refractivity (Wildman–Crippen MR) is 104 cm³/mol. The largest absolute Gasteiger partial charge is 0.449 e. The number of carbonyl (C=O) groups is 2. The van der Waals surface area contributed by atoms with E-state index in [0.717, 1.165) is 10.00 Å². The molecule has 28 heavy (non-hydrogen) atoms. The molecule has 1 amide bonds. The van der Waals surface area contributed by atoms with Crippen LogP contribution in [-0.2, 0) is 26.6 Å². The highest BCUT2D eigenvalue weighted by molar-refractivity contribution is 7.89. The fourth-order valence-corrected chi connectivity index (χ4v) is 3.40. The third-order valence-electron chi connectivity index (χ3n) is 4.26. The monoisotopic (exact) mass is 408 g/mol. The van der Waals surface area contributed by atoms with Crippen LogP contribution >= 0.6 is 0 Å². The van der Waals surface area contributed by atoms with Gasteiger partial charge in [-0.2, -0.15) is 5.10 Å². The Morgan fingerprint density at radius 3 is 2.43 bits per heavy atom. The highest BCUT2D eigenvalue weighted by Crippen LogP contribution is 2.19. The first kappa shape index (κ1) is 21.6. The van der Waals surface area contributed by atoms with Crippen molar-refractivity contribution >= 4 is 27.6 Å². The number of amides is 1. The number of nitrogens with one attached hydrogen (secondary N) is 1. The molecule has 2 aromatic rings. The van der Waals surface area contributed by atoms with Gasteiger partial charge in [0.15, 0.2) is 6.10 Å². The van der Waals surface area contributed by atoms with Crippen molar-refractivity contribution in [1.29, 1.82) is 0 Å². The number of nitrogens with zero attached hydrogens (tertiary/aromatic N) is 3. The number of sulfonamides is 1. The third kappa shape index (κ3) is 4.39.